The lowest BCUT2D eigenvalue weighted by atomic mass is 10.1. The molecule has 0 heterocycles. The summed E-state index contributed by atoms with van der Waals surface area (Å²) in [5.74, 6) is -0.169. The average Bonchev–Trinajstić information content (AvgIpc) is 2.74. The van der Waals surface area contributed by atoms with Crippen LogP contribution in [0.15, 0.2) is 54.6 Å². The van der Waals surface area contributed by atoms with E-state index >= 15 is 0 Å². The van der Waals surface area contributed by atoms with Crippen LogP contribution < -0.4 is 5.32 Å². The lowest BCUT2D eigenvalue weighted by Crippen LogP contribution is -2.47. The first-order valence-corrected chi connectivity index (χ1v) is 13.6. The van der Waals surface area contributed by atoms with Gasteiger partial charge in [0.15, 0.2) is 0 Å². The molecule has 2 aromatic rings. The van der Waals surface area contributed by atoms with Crippen molar-refractivity contribution in [1.82, 2.24) is 10.2 Å². The third-order valence-electron chi connectivity index (χ3n) is 4.72. The van der Waals surface area contributed by atoms with Crippen LogP contribution in [0.5, 0.6) is 0 Å². The number of hydrogen-bond donors (Lipinski definition) is 1. The maximum atomic E-state index is 13.1. The standard InChI is InChI=1S/C25H33ClN2O6S/c1-25(2,3)34-23(29)27-22(13-14-35(4,31)32)17-28(16-20-11-8-12-21(26)15-20)24(30)33-18-19-9-6-5-7-10-19/h5-12,15,22H,13-14,16-18H2,1-4H3,(H,27,29)/t22-/m0/s1. The molecule has 192 valence electrons. The summed E-state index contributed by atoms with van der Waals surface area (Å²) >= 11 is 6.11. The van der Waals surface area contributed by atoms with Gasteiger partial charge in [-0.2, -0.15) is 0 Å². The summed E-state index contributed by atoms with van der Waals surface area (Å²) in [6.45, 7) is 5.41. The first-order chi connectivity index (χ1) is 16.3. The number of ether oxygens (including phenoxy) is 2. The van der Waals surface area contributed by atoms with Crippen molar-refractivity contribution in [3.05, 3.63) is 70.7 Å². The number of amides is 2. The molecular weight excluding hydrogens is 492 g/mol. The van der Waals surface area contributed by atoms with Crippen LogP contribution in [0.1, 0.15) is 38.3 Å². The van der Waals surface area contributed by atoms with E-state index < -0.39 is 33.7 Å². The molecule has 10 heteroatoms. The molecule has 8 nitrogen and oxygen atoms in total. The van der Waals surface area contributed by atoms with E-state index in [0.717, 1.165) is 17.4 Å². The molecule has 0 aliphatic heterocycles. The summed E-state index contributed by atoms with van der Waals surface area (Å²) in [4.78, 5) is 26.9. The van der Waals surface area contributed by atoms with Crippen molar-refractivity contribution in [2.75, 3.05) is 18.6 Å². The van der Waals surface area contributed by atoms with Gasteiger partial charge in [-0.1, -0.05) is 54.1 Å². The minimum absolute atomic E-state index is 0.00883. The van der Waals surface area contributed by atoms with Gasteiger partial charge in [-0.3, -0.25) is 0 Å². The number of rotatable bonds is 10. The van der Waals surface area contributed by atoms with Gasteiger partial charge < -0.3 is 19.7 Å². The fraction of sp³-hybridized carbons (Fsp3) is 0.440. The minimum atomic E-state index is -3.30. The second kappa shape index (κ2) is 12.8. The van der Waals surface area contributed by atoms with Gasteiger partial charge in [0.05, 0.1) is 11.8 Å². The number of carbonyl (C=O) groups excluding carboxylic acids is 2. The van der Waals surface area contributed by atoms with E-state index in [1.807, 2.05) is 36.4 Å². The van der Waals surface area contributed by atoms with Crippen molar-refractivity contribution in [2.24, 2.45) is 0 Å². The largest absolute Gasteiger partial charge is 0.445 e. The Morgan fingerprint density at radius 1 is 1.06 bits per heavy atom. The third-order valence-corrected chi connectivity index (χ3v) is 5.94. The molecule has 0 fully saturated rings. The molecule has 1 N–H and O–H groups in total. The summed E-state index contributed by atoms with van der Waals surface area (Å²) in [7, 11) is -3.30. The third kappa shape index (κ3) is 12.0. The highest BCUT2D eigenvalue weighted by molar-refractivity contribution is 7.90. The van der Waals surface area contributed by atoms with Crippen LogP contribution in [0.2, 0.25) is 5.02 Å². The number of benzene rings is 2. The van der Waals surface area contributed by atoms with E-state index in [4.69, 9.17) is 21.1 Å². The zero-order valence-corrected chi connectivity index (χ0v) is 22.1. The van der Waals surface area contributed by atoms with Crippen molar-refractivity contribution in [2.45, 2.75) is 52.0 Å². The van der Waals surface area contributed by atoms with Gasteiger partial charge in [-0.05, 0) is 50.5 Å². The van der Waals surface area contributed by atoms with Gasteiger partial charge in [0.2, 0.25) is 0 Å². The summed E-state index contributed by atoms with van der Waals surface area (Å²) in [5.41, 5.74) is 0.845. The molecule has 2 rings (SSSR count). The minimum Gasteiger partial charge on any atom is -0.445 e. The zero-order valence-electron chi connectivity index (χ0n) is 20.5. The Morgan fingerprint density at radius 2 is 1.71 bits per heavy atom. The van der Waals surface area contributed by atoms with Gasteiger partial charge >= 0.3 is 12.2 Å². The number of nitrogens with one attached hydrogen (secondary N) is 1. The molecule has 2 aromatic carbocycles. The monoisotopic (exact) mass is 524 g/mol. The van der Waals surface area contributed by atoms with Crippen molar-refractivity contribution in [3.8, 4) is 0 Å². The van der Waals surface area contributed by atoms with Gasteiger partial charge in [0, 0.05) is 24.4 Å². The summed E-state index contributed by atoms with van der Waals surface area (Å²) in [5, 5.41) is 3.22. The predicted octanol–water partition coefficient (Wildman–Crippen LogP) is 4.81. The highest BCUT2D eigenvalue weighted by atomic mass is 35.5. The highest BCUT2D eigenvalue weighted by Gasteiger charge is 2.25. The normalized spacial score (nSPS) is 12.5. The number of alkyl carbamates (subject to hydrolysis) is 1. The van der Waals surface area contributed by atoms with Gasteiger partial charge in [-0.25, -0.2) is 18.0 Å². The molecule has 1 atom stereocenters. The summed E-state index contributed by atoms with van der Waals surface area (Å²) in [6, 6.07) is 15.6. The van der Waals surface area contributed by atoms with E-state index in [0.29, 0.717) is 5.02 Å². The van der Waals surface area contributed by atoms with Gasteiger partial charge in [0.25, 0.3) is 0 Å². The second-order valence-electron chi connectivity index (χ2n) is 9.31. The molecule has 0 saturated heterocycles. The van der Waals surface area contributed by atoms with Crippen LogP contribution in [-0.2, 0) is 32.5 Å². The predicted molar refractivity (Wildman–Crippen MR) is 136 cm³/mol. The Balaban J connectivity index is 2.22. The lowest BCUT2D eigenvalue weighted by Gasteiger charge is -2.29. The maximum absolute atomic E-state index is 13.1. The smallest absolute Gasteiger partial charge is 0.410 e. The summed E-state index contributed by atoms with van der Waals surface area (Å²) in [6.07, 6.45) is -0.0913. The van der Waals surface area contributed by atoms with Crippen LogP contribution >= 0.6 is 11.6 Å². The van der Waals surface area contributed by atoms with Gasteiger partial charge in [0.1, 0.15) is 22.0 Å². The van der Waals surface area contributed by atoms with Crippen LogP contribution in [0.25, 0.3) is 0 Å². The van der Waals surface area contributed by atoms with Crippen LogP contribution in [0.3, 0.4) is 0 Å². The Morgan fingerprint density at radius 3 is 2.31 bits per heavy atom. The Hall–Kier alpha value is -2.78. The Labute approximate surface area is 212 Å². The van der Waals surface area contributed by atoms with E-state index in [1.54, 1.807) is 39.0 Å². The Bertz CT molecular complexity index is 1090. The fourth-order valence-electron chi connectivity index (χ4n) is 3.18. The van der Waals surface area contributed by atoms with Crippen molar-refractivity contribution in [3.63, 3.8) is 0 Å². The van der Waals surface area contributed by atoms with E-state index in [-0.39, 0.29) is 31.9 Å². The molecule has 0 aliphatic carbocycles. The first-order valence-electron chi connectivity index (χ1n) is 11.2. The molecular formula is C25H33ClN2O6S. The molecule has 0 unspecified atom stereocenters. The van der Waals surface area contributed by atoms with Gasteiger partial charge in [-0.15, -0.1) is 0 Å². The molecule has 2 amide bonds. The number of nitrogens with zero attached hydrogens (tertiary/aromatic N) is 1. The first kappa shape index (κ1) is 28.5. The van der Waals surface area contributed by atoms with Crippen molar-refractivity contribution < 1.29 is 27.5 Å². The van der Waals surface area contributed by atoms with E-state index in [9.17, 15) is 18.0 Å². The second-order valence-corrected chi connectivity index (χ2v) is 12.0. The summed E-state index contributed by atoms with van der Waals surface area (Å²) < 4.78 is 34.4. The zero-order chi connectivity index (χ0) is 26.1. The number of sulfone groups is 1. The fourth-order valence-corrected chi connectivity index (χ4v) is 4.10. The van der Waals surface area contributed by atoms with Crippen molar-refractivity contribution >= 4 is 33.6 Å². The molecule has 0 radical (unpaired) electrons. The van der Waals surface area contributed by atoms with Crippen LogP contribution in [0, 0.1) is 0 Å². The quantitative estimate of drug-likeness (QED) is 0.478. The lowest BCUT2D eigenvalue weighted by molar-refractivity contribution is 0.0475. The number of hydrogen-bond acceptors (Lipinski definition) is 6. The van der Waals surface area contributed by atoms with E-state index in [2.05, 4.69) is 5.32 Å². The number of carbonyl (C=O) groups is 2. The molecule has 0 aliphatic rings. The molecule has 0 spiro atoms. The maximum Gasteiger partial charge on any atom is 0.410 e. The SMILES string of the molecule is CC(C)(C)OC(=O)N[C@@H](CCS(C)(=O)=O)CN(Cc1cccc(Cl)c1)C(=O)OCc1ccccc1. The molecule has 0 bridgehead atoms. The topological polar surface area (TPSA) is 102 Å². The molecule has 0 aromatic heterocycles. The molecule has 35 heavy (non-hydrogen) atoms. The highest BCUT2D eigenvalue weighted by Crippen LogP contribution is 2.16. The molecule has 0 saturated carbocycles. The number of halogens is 1. The average molecular weight is 525 g/mol. The van der Waals surface area contributed by atoms with E-state index in [1.165, 1.54) is 4.90 Å². The Kier molecular flexibility index (Phi) is 10.4. The van der Waals surface area contributed by atoms with Crippen molar-refractivity contribution in [1.29, 1.82) is 0 Å². The van der Waals surface area contributed by atoms with Crippen LogP contribution in [0.4, 0.5) is 9.59 Å². The van der Waals surface area contributed by atoms with Crippen LogP contribution in [-0.4, -0.2) is 55.7 Å².